The number of amides is 1. The fraction of sp³-hybridized carbons (Fsp3) is 0.867. The summed E-state index contributed by atoms with van der Waals surface area (Å²) in [6.07, 6.45) is 11.7. The Labute approximate surface area is 131 Å². The lowest BCUT2D eigenvalue weighted by Crippen LogP contribution is -2.53. The maximum absolute atomic E-state index is 12.7. The van der Waals surface area contributed by atoms with Gasteiger partial charge in [0.1, 0.15) is 0 Å². The molecule has 3 nitrogen and oxygen atoms in total. The number of thioether (sulfide) groups is 1. The van der Waals surface area contributed by atoms with E-state index in [-0.39, 0.29) is 5.91 Å². The van der Waals surface area contributed by atoms with Crippen molar-refractivity contribution in [3.05, 3.63) is 0 Å². The molecule has 0 heterocycles. The molecule has 2 aliphatic rings. The van der Waals surface area contributed by atoms with Gasteiger partial charge < -0.3 is 11.1 Å². The van der Waals surface area contributed by atoms with Crippen LogP contribution in [0.15, 0.2) is 0 Å². The van der Waals surface area contributed by atoms with Gasteiger partial charge in [0.05, 0.1) is 10.4 Å². The zero-order valence-electron chi connectivity index (χ0n) is 12.3. The lowest BCUT2D eigenvalue weighted by atomic mass is 9.73. The molecule has 0 aromatic rings. The number of nitrogens with one attached hydrogen (secondary N) is 1. The highest BCUT2D eigenvalue weighted by Gasteiger charge is 2.43. The molecule has 1 amide bonds. The maximum Gasteiger partial charge on any atom is 0.233 e. The van der Waals surface area contributed by atoms with E-state index in [0.29, 0.717) is 11.0 Å². The first-order valence-corrected chi connectivity index (χ1v) is 9.42. The summed E-state index contributed by atoms with van der Waals surface area (Å²) in [5, 5.41) is 4.01. The molecule has 0 unspecified atom stereocenters. The molecule has 2 rings (SSSR count). The Morgan fingerprint density at radius 3 is 2.30 bits per heavy atom. The van der Waals surface area contributed by atoms with Crippen molar-refractivity contribution >= 4 is 34.9 Å². The third-order valence-electron chi connectivity index (χ3n) is 4.96. The summed E-state index contributed by atoms with van der Waals surface area (Å²) < 4.78 is 0. The van der Waals surface area contributed by atoms with Crippen molar-refractivity contribution in [2.45, 2.75) is 69.1 Å². The van der Waals surface area contributed by atoms with Crippen molar-refractivity contribution in [3.63, 3.8) is 0 Å². The first-order valence-electron chi connectivity index (χ1n) is 7.72. The van der Waals surface area contributed by atoms with Crippen LogP contribution in [0.3, 0.4) is 0 Å². The molecule has 0 radical (unpaired) electrons. The second-order valence-electron chi connectivity index (χ2n) is 6.19. The van der Waals surface area contributed by atoms with Crippen LogP contribution in [-0.2, 0) is 4.79 Å². The van der Waals surface area contributed by atoms with Gasteiger partial charge in [0.2, 0.25) is 5.91 Å². The van der Waals surface area contributed by atoms with E-state index < -0.39 is 5.41 Å². The Kier molecular flexibility index (Phi) is 5.73. The summed E-state index contributed by atoms with van der Waals surface area (Å²) in [4.78, 5) is 13.1. The minimum Gasteiger partial charge on any atom is -0.392 e. The molecule has 0 bridgehead atoms. The van der Waals surface area contributed by atoms with Crippen LogP contribution in [-0.4, -0.2) is 28.4 Å². The Morgan fingerprint density at radius 1 is 1.20 bits per heavy atom. The molecule has 20 heavy (non-hydrogen) atoms. The van der Waals surface area contributed by atoms with Gasteiger partial charge in [-0.3, -0.25) is 4.79 Å². The highest BCUT2D eigenvalue weighted by molar-refractivity contribution is 7.99. The highest BCUT2D eigenvalue weighted by Crippen LogP contribution is 2.37. The van der Waals surface area contributed by atoms with Gasteiger partial charge in [0.25, 0.3) is 0 Å². The summed E-state index contributed by atoms with van der Waals surface area (Å²) in [6.45, 7) is 0. The molecule has 0 atom stereocenters. The van der Waals surface area contributed by atoms with Crippen LogP contribution in [0.5, 0.6) is 0 Å². The monoisotopic (exact) mass is 314 g/mol. The molecule has 0 aromatic carbocycles. The Hall–Kier alpha value is -0.290. The number of carbonyl (C=O) groups is 1. The molecule has 114 valence electrons. The quantitative estimate of drug-likeness (QED) is 0.783. The zero-order valence-corrected chi connectivity index (χ0v) is 14.0. The summed E-state index contributed by atoms with van der Waals surface area (Å²) in [5.74, 6) is 0.0947. The number of rotatable bonds is 4. The van der Waals surface area contributed by atoms with Gasteiger partial charge in [-0.2, -0.15) is 11.8 Å². The van der Waals surface area contributed by atoms with Crippen LogP contribution in [0.1, 0.15) is 57.8 Å². The zero-order chi connectivity index (χ0) is 14.6. The summed E-state index contributed by atoms with van der Waals surface area (Å²) >= 11 is 7.17. The predicted molar refractivity (Wildman–Crippen MR) is 90.0 cm³/mol. The van der Waals surface area contributed by atoms with E-state index in [1.807, 2.05) is 11.8 Å². The van der Waals surface area contributed by atoms with E-state index in [2.05, 4.69) is 11.6 Å². The number of carbonyl (C=O) groups excluding carboxylic acids is 1. The predicted octanol–water partition coefficient (Wildman–Crippen LogP) is 3.01. The van der Waals surface area contributed by atoms with Crippen molar-refractivity contribution < 1.29 is 4.79 Å². The van der Waals surface area contributed by atoms with E-state index in [0.717, 1.165) is 43.8 Å². The van der Waals surface area contributed by atoms with E-state index in [1.54, 1.807) is 0 Å². The first-order chi connectivity index (χ1) is 9.58. The number of hydrogen-bond acceptors (Lipinski definition) is 3. The Balaban J connectivity index is 1.94. The standard InChI is InChI=1S/C15H26N2OS2/c1-20-12-7-5-11(6-8-12)17-14(18)15(13(16)19)9-3-2-4-10-15/h11-12H,2-10H2,1H3,(H2,16,19)(H,17,18). The molecule has 2 saturated carbocycles. The van der Waals surface area contributed by atoms with Crippen molar-refractivity contribution in [1.29, 1.82) is 0 Å². The van der Waals surface area contributed by atoms with Crippen LogP contribution >= 0.6 is 24.0 Å². The molecule has 0 saturated heterocycles. The summed E-state index contributed by atoms with van der Waals surface area (Å²) in [7, 11) is 0. The molecule has 3 N–H and O–H groups in total. The average Bonchev–Trinajstić information content (AvgIpc) is 2.48. The lowest BCUT2D eigenvalue weighted by Gasteiger charge is -2.37. The third-order valence-corrected chi connectivity index (χ3v) is 6.48. The fourth-order valence-corrected chi connectivity index (χ4v) is 4.55. The Bertz CT molecular complexity index is 359. The SMILES string of the molecule is CSC1CCC(NC(=O)C2(C(N)=S)CCCCC2)CC1. The third kappa shape index (κ3) is 3.48. The largest absolute Gasteiger partial charge is 0.392 e. The van der Waals surface area contributed by atoms with Gasteiger partial charge >= 0.3 is 0 Å². The van der Waals surface area contributed by atoms with Gasteiger partial charge in [-0.15, -0.1) is 0 Å². The molecule has 5 heteroatoms. The summed E-state index contributed by atoms with van der Waals surface area (Å²) in [6, 6.07) is 0.319. The molecule has 2 aliphatic carbocycles. The van der Waals surface area contributed by atoms with Gasteiger partial charge in [0.15, 0.2) is 0 Å². The first kappa shape index (κ1) is 16.1. The van der Waals surface area contributed by atoms with Crippen LogP contribution in [0.4, 0.5) is 0 Å². The maximum atomic E-state index is 12.7. The van der Waals surface area contributed by atoms with E-state index in [9.17, 15) is 4.79 Å². The molecule has 2 fully saturated rings. The highest BCUT2D eigenvalue weighted by atomic mass is 32.2. The molecular weight excluding hydrogens is 288 g/mol. The fourth-order valence-electron chi connectivity index (χ4n) is 3.51. The van der Waals surface area contributed by atoms with Gasteiger partial charge in [-0.25, -0.2) is 0 Å². The number of thiocarbonyl (C=S) groups is 1. The van der Waals surface area contributed by atoms with Crippen LogP contribution < -0.4 is 11.1 Å². The van der Waals surface area contributed by atoms with Crippen molar-refractivity contribution in [2.24, 2.45) is 11.1 Å². The van der Waals surface area contributed by atoms with Crippen LogP contribution in [0, 0.1) is 5.41 Å². The van der Waals surface area contributed by atoms with Gasteiger partial charge in [-0.1, -0.05) is 31.5 Å². The normalized spacial score (nSPS) is 29.6. The minimum atomic E-state index is -0.566. The topological polar surface area (TPSA) is 55.1 Å². The molecule has 0 spiro atoms. The second kappa shape index (κ2) is 7.12. The molecule has 0 aromatic heterocycles. The lowest BCUT2D eigenvalue weighted by molar-refractivity contribution is -0.129. The number of hydrogen-bond donors (Lipinski definition) is 2. The van der Waals surface area contributed by atoms with E-state index in [4.69, 9.17) is 18.0 Å². The number of nitrogens with two attached hydrogens (primary N) is 1. The van der Waals surface area contributed by atoms with E-state index >= 15 is 0 Å². The minimum absolute atomic E-state index is 0.0947. The van der Waals surface area contributed by atoms with Crippen LogP contribution in [0.2, 0.25) is 0 Å². The smallest absolute Gasteiger partial charge is 0.233 e. The summed E-state index contributed by atoms with van der Waals surface area (Å²) in [5.41, 5.74) is 5.35. The van der Waals surface area contributed by atoms with E-state index in [1.165, 1.54) is 19.3 Å². The Morgan fingerprint density at radius 2 is 1.80 bits per heavy atom. The average molecular weight is 315 g/mol. The second-order valence-corrected chi connectivity index (χ2v) is 7.77. The van der Waals surface area contributed by atoms with Crippen molar-refractivity contribution in [2.75, 3.05) is 6.26 Å². The van der Waals surface area contributed by atoms with Crippen molar-refractivity contribution in [1.82, 2.24) is 5.32 Å². The molecule has 0 aliphatic heterocycles. The molecular formula is C15H26N2OS2. The van der Waals surface area contributed by atoms with Crippen LogP contribution in [0.25, 0.3) is 0 Å². The van der Waals surface area contributed by atoms with Crippen molar-refractivity contribution in [3.8, 4) is 0 Å². The van der Waals surface area contributed by atoms with Gasteiger partial charge in [0, 0.05) is 11.3 Å². The van der Waals surface area contributed by atoms with Gasteiger partial charge in [-0.05, 0) is 44.8 Å².